The number of carbonyl (C=O) groups is 1. The van der Waals surface area contributed by atoms with Crippen LogP contribution < -0.4 is 0 Å². The van der Waals surface area contributed by atoms with Crippen LogP contribution in [0.25, 0.3) is 0 Å². The van der Waals surface area contributed by atoms with Gasteiger partial charge in [-0.3, -0.25) is 4.79 Å². The van der Waals surface area contributed by atoms with Crippen molar-refractivity contribution in [1.82, 2.24) is 0 Å². The van der Waals surface area contributed by atoms with E-state index in [4.69, 9.17) is 51.1 Å². The van der Waals surface area contributed by atoms with Gasteiger partial charge in [-0.05, 0) is 11.6 Å². The van der Waals surface area contributed by atoms with Crippen LogP contribution in [-0.4, -0.2) is 12.9 Å². The molecule has 0 fully saturated rings. The molecule has 1 aromatic carbocycles. The maximum atomic E-state index is 12.6. The molecule has 0 aliphatic heterocycles. The van der Waals surface area contributed by atoms with E-state index in [0.29, 0.717) is 10.6 Å². The van der Waals surface area contributed by atoms with Crippen molar-refractivity contribution in [3.05, 3.63) is 43.4 Å². The third-order valence-electron chi connectivity index (χ3n) is 4.19. The van der Waals surface area contributed by atoms with E-state index in [9.17, 15) is 4.79 Å². The molecule has 0 amide bonds. The van der Waals surface area contributed by atoms with Crippen LogP contribution in [0.4, 0.5) is 0 Å². The molecule has 2 nitrogen and oxygen atoms in total. The standard InChI is InChI=1S/C14H10Cl4O2/c1-5-6-3-4-14(20-2,13(5)19)8-7(6)9(15)11(17)12(18)10(8)16/h3-6H,1-2H3. The van der Waals surface area contributed by atoms with Gasteiger partial charge in [0, 0.05) is 24.5 Å². The van der Waals surface area contributed by atoms with Gasteiger partial charge in [-0.1, -0.05) is 59.4 Å². The number of allylic oxidation sites excluding steroid dienone is 1. The highest BCUT2D eigenvalue weighted by Gasteiger charge is 2.54. The fraction of sp³-hybridized carbons (Fsp3) is 0.357. The maximum Gasteiger partial charge on any atom is 0.176 e. The Morgan fingerprint density at radius 2 is 1.70 bits per heavy atom. The molecule has 6 heteroatoms. The molecule has 0 radical (unpaired) electrons. The van der Waals surface area contributed by atoms with Crippen molar-refractivity contribution in [2.75, 3.05) is 7.11 Å². The molecular formula is C14H10Cl4O2. The van der Waals surface area contributed by atoms with Gasteiger partial charge >= 0.3 is 0 Å². The lowest BCUT2D eigenvalue weighted by Gasteiger charge is -2.45. The summed E-state index contributed by atoms with van der Waals surface area (Å²) in [7, 11) is 1.47. The minimum Gasteiger partial charge on any atom is -0.362 e. The number of Topliss-reactive ketones (excluding diaryl/α,β-unsaturated/α-hetero) is 1. The molecule has 1 aromatic rings. The number of hydrogen-bond acceptors (Lipinski definition) is 2. The molecular weight excluding hydrogens is 342 g/mol. The molecule has 3 aliphatic carbocycles. The summed E-state index contributed by atoms with van der Waals surface area (Å²) in [4.78, 5) is 12.6. The van der Waals surface area contributed by atoms with E-state index < -0.39 is 5.60 Å². The Labute approximate surface area is 136 Å². The zero-order valence-corrected chi connectivity index (χ0v) is 13.7. The monoisotopic (exact) mass is 350 g/mol. The van der Waals surface area contributed by atoms with E-state index in [1.165, 1.54) is 7.11 Å². The molecule has 20 heavy (non-hydrogen) atoms. The molecule has 2 bridgehead atoms. The van der Waals surface area contributed by atoms with Crippen molar-refractivity contribution in [2.45, 2.75) is 18.4 Å². The highest BCUT2D eigenvalue weighted by Crippen LogP contribution is 2.57. The lowest BCUT2D eigenvalue weighted by Crippen LogP contribution is -2.49. The third kappa shape index (κ3) is 1.55. The average molecular weight is 352 g/mol. The summed E-state index contributed by atoms with van der Waals surface area (Å²) in [6.07, 6.45) is 3.65. The van der Waals surface area contributed by atoms with Gasteiger partial charge in [0.2, 0.25) is 0 Å². The SMILES string of the molecule is COC12C=CC(c3c(Cl)c(Cl)c(Cl)c(Cl)c31)C(C)C2=O. The number of methoxy groups -OCH3 is 1. The second-order valence-corrected chi connectivity index (χ2v) is 6.53. The van der Waals surface area contributed by atoms with E-state index in [1.807, 2.05) is 13.0 Å². The third-order valence-corrected chi connectivity index (χ3v) is 6.00. The van der Waals surface area contributed by atoms with Gasteiger partial charge in [0.1, 0.15) is 0 Å². The van der Waals surface area contributed by atoms with Gasteiger partial charge in [0.05, 0.1) is 20.1 Å². The zero-order valence-electron chi connectivity index (χ0n) is 10.6. The minimum atomic E-state index is -1.22. The largest absolute Gasteiger partial charge is 0.362 e. The van der Waals surface area contributed by atoms with Gasteiger partial charge < -0.3 is 4.74 Å². The normalized spacial score (nSPS) is 30.8. The van der Waals surface area contributed by atoms with Crippen LogP contribution in [0, 0.1) is 5.92 Å². The summed E-state index contributed by atoms with van der Waals surface area (Å²) in [5.41, 5.74) is 0.0394. The first kappa shape index (κ1) is 14.7. The Balaban J connectivity index is 2.47. The number of benzene rings is 1. The van der Waals surface area contributed by atoms with Crippen LogP contribution in [0.5, 0.6) is 0 Å². The molecule has 0 aromatic heterocycles. The number of fused-ring (bicyclic) bond motifs is 1. The van der Waals surface area contributed by atoms with Crippen molar-refractivity contribution < 1.29 is 9.53 Å². The molecule has 0 N–H and O–H groups in total. The first-order valence-corrected chi connectivity index (χ1v) is 7.53. The summed E-state index contributed by atoms with van der Waals surface area (Å²) >= 11 is 24.9. The molecule has 0 saturated heterocycles. The molecule has 106 valence electrons. The number of ether oxygens (including phenoxy) is 1. The molecule has 0 saturated carbocycles. The number of carbonyl (C=O) groups excluding carboxylic acids is 1. The summed E-state index contributed by atoms with van der Waals surface area (Å²) in [5, 5.41) is 0.928. The lowest BCUT2D eigenvalue weighted by molar-refractivity contribution is -0.143. The molecule has 0 spiro atoms. The van der Waals surface area contributed by atoms with Gasteiger partial charge in [-0.25, -0.2) is 0 Å². The number of hydrogen-bond donors (Lipinski definition) is 0. The summed E-state index contributed by atoms with van der Waals surface area (Å²) in [5.74, 6) is -0.455. The van der Waals surface area contributed by atoms with Crippen molar-refractivity contribution in [1.29, 1.82) is 0 Å². The van der Waals surface area contributed by atoms with Gasteiger partial charge in [0.25, 0.3) is 0 Å². The zero-order chi connectivity index (χ0) is 14.8. The van der Waals surface area contributed by atoms with Crippen LogP contribution in [0.2, 0.25) is 20.1 Å². The smallest absolute Gasteiger partial charge is 0.176 e. The van der Waals surface area contributed by atoms with E-state index >= 15 is 0 Å². The fourth-order valence-electron chi connectivity index (χ4n) is 3.14. The Morgan fingerprint density at radius 3 is 2.30 bits per heavy atom. The Hall–Kier alpha value is -0.250. The molecule has 3 aliphatic rings. The van der Waals surface area contributed by atoms with Crippen molar-refractivity contribution in [3.8, 4) is 0 Å². The fourth-order valence-corrected chi connectivity index (χ4v) is 4.27. The number of halogens is 4. The molecule has 3 unspecified atom stereocenters. The summed E-state index contributed by atoms with van der Waals surface area (Å²) in [6.45, 7) is 1.85. The quantitative estimate of drug-likeness (QED) is 0.403. The topological polar surface area (TPSA) is 26.3 Å². The Bertz CT molecular complexity index is 668. The maximum absolute atomic E-state index is 12.6. The predicted molar refractivity (Wildman–Crippen MR) is 81.2 cm³/mol. The van der Waals surface area contributed by atoms with Gasteiger partial charge in [-0.15, -0.1) is 0 Å². The van der Waals surface area contributed by atoms with E-state index in [-0.39, 0.29) is 32.7 Å². The second kappa shape index (κ2) is 4.62. The van der Waals surface area contributed by atoms with Crippen LogP contribution >= 0.6 is 46.4 Å². The van der Waals surface area contributed by atoms with Crippen molar-refractivity contribution in [3.63, 3.8) is 0 Å². The molecule has 4 rings (SSSR count). The second-order valence-electron chi connectivity index (χ2n) is 5.02. The van der Waals surface area contributed by atoms with Gasteiger partial charge in [0.15, 0.2) is 11.4 Å². The van der Waals surface area contributed by atoms with Crippen LogP contribution in [0.15, 0.2) is 12.2 Å². The van der Waals surface area contributed by atoms with Crippen molar-refractivity contribution >= 4 is 52.2 Å². The predicted octanol–water partition coefficient (Wildman–Crippen LogP) is 5.01. The molecule has 3 atom stereocenters. The molecule has 0 heterocycles. The summed E-state index contributed by atoms with van der Waals surface area (Å²) < 4.78 is 5.52. The minimum absolute atomic E-state index is 0.0450. The van der Waals surface area contributed by atoms with Gasteiger partial charge in [-0.2, -0.15) is 0 Å². The van der Waals surface area contributed by atoms with Crippen LogP contribution in [0.3, 0.4) is 0 Å². The Morgan fingerprint density at radius 1 is 1.10 bits per heavy atom. The van der Waals surface area contributed by atoms with Crippen LogP contribution in [0.1, 0.15) is 24.0 Å². The Kier molecular flexibility index (Phi) is 3.39. The number of rotatable bonds is 1. The van der Waals surface area contributed by atoms with E-state index in [2.05, 4.69) is 0 Å². The van der Waals surface area contributed by atoms with E-state index in [0.717, 1.165) is 5.56 Å². The van der Waals surface area contributed by atoms with Crippen LogP contribution in [-0.2, 0) is 15.1 Å². The van der Waals surface area contributed by atoms with Crippen molar-refractivity contribution in [2.24, 2.45) is 5.92 Å². The summed E-state index contributed by atoms with van der Waals surface area (Å²) in [6, 6.07) is 0. The van der Waals surface area contributed by atoms with E-state index in [1.54, 1.807) is 6.08 Å². The highest BCUT2D eigenvalue weighted by atomic mass is 35.5. The lowest BCUT2D eigenvalue weighted by atomic mass is 9.63. The highest BCUT2D eigenvalue weighted by molar-refractivity contribution is 6.52. The first-order valence-electron chi connectivity index (χ1n) is 6.02. The first-order chi connectivity index (χ1) is 9.36. The average Bonchev–Trinajstić information content (AvgIpc) is 2.46. The number of ketones is 1.